The molecule has 106 valence electrons. The van der Waals surface area contributed by atoms with E-state index in [-0.39, 0.29) is 11.9 Å². The Morgan fingerprint density at radius 3 is 2.60 bits per heavy atom. The van der Waals surface area contributed by atoms with Gasteiger partial charge in [0.1, 0.15) is 5.82 Å². The van der Waals surface area contributed by atoms with Crippen LogP contribution in [-0.2, 0) is 0 Å². The lowest BCUT2D eigenvalue weighted by Crippen LogP contribution is -2.24. The summed E-state index contributed by atoms with van der Waals surface area (Å²) >= 11 is 3.60. The molecule has 0 heterocycles. The molecule has 0 radical (unpaired) electrons. The topological polar surface area (TPSA) is 12.0 Å². The van der Waals surface area contributed by atoms with Crippen LogP contribution in [0.4, 0.5) is 4.39 Å². The maximum absolute atomic E-state index is 13.6. The highest BCUT2D eigenvalue weighted by atomic mass is 79.9. The van der Waals surface area contributed by atoms with E-state index in [1.165, 1.54) is 6.07 Å². The second-order valence-electron chi connectivity index (χ2n) is 4.91. The van der Waals surface area contributed by atoms with Crippen molar-refractivity contribution in [3.8, 4) is 0 Å². The number of rotatable bonds is 5. The minimum absolute atomic E-state index is 0.00113. The summed E-state index contributed by atoms with van der Waals surface area (Å²) in [5.74, 6) is -0.194. The summed E-state index contributed by atoms with van der Waals surface area (Å²) in [6.07, 6.45) is 1.04. The predicted octanol–water partition coefficient (Wildman–Crippen LogP) is 4.99. The molecule has 2 aromatic carbocycles. The second kappa shape index (κ2) is 7.00. The lowest BCUT2D eigenvalue weighted by atomic mass is 9.94. The number of hydrogen-bond acceptors (Lipinski definition) is 1. The molecule has 0 aliphatic carbocycles. The number of hydrogen-bond donors (Lipinski definition) is 1. The summed E-state index contributed by atoms with van der Waals surface area (Å²) in [6, 6.07) is 13.1. The molecule has 0 saturated heterocycles. The largest absolute Gasteiger partial charge is 0.306 e. The first-order chi connectivity index (χ1) is 9.63. The van der Waals surface area contributed by atoms with Gasteiger partial charge in [0.05, 0.1) is 6.04 Å². The first-order valence-electron chi connectivity index (χ1n) is 6.87. The molecule has 0 fully saturated rings. The zero-order valence-corrected chi connectivity index (χ0v) is 13.4. The lowest BCUT2D eigenvalue weighted by Gasteiger charge is -2.22. The van der Waals surface area contributed by atoms with E-state index in [4.69, 9.17) is 0 Å². The molecule has 2 rings (SSSR count). The minimum Gasteiger partial charge on any atom is -0.306 e. The van der Waals surface area contributed by atoms with Crippen LogP contribution >= 0.6 is 15.9 Å². The van der Waals surface area contributed by atoms with Crippen molar-refractivity contribution in [2.75, 3.05) is 6.54 Å². The van der Waals surface area contributed by atoms with Crippen LogP contribution in [0.25, 0.3) is 0 Å². The van der Waals surface area contributed by atoms with Gasteiger partial charge in [-0.25, -0.2) is 4.39 Å². The second-order valence-corrected chi connectivity index (χ2v) is 5.76. The molecule has 1 unspecified atom stereocenters. The molecule has 1 nitrogen and oxygen atoms in total. The SMILES string of the molecule is CCCNC(c1cc(F)ccc1C)c1ccccc1Br. The highest BCUT2D eigenvalue weighted by molar-refractivity contribution is 9.10. The molecule has 0 bridgehead atoms. The Morgan fingerprint density at radius 1 is 1.15 bits per heavy atom. The van der Waals surface area contributed by atoms with Gasteiger partial charge in [0.25, 0.3) is 0 Å². The first-order valence-corrected chi connectivity index (χ1v) is 7.66. The third-order valence-corrected chi connectivity index (χ3v) is 4.09. The van der Waals surface area contributed by atoms with Crippen molar-refractivity contribution in [2.24, 2.45) is 0 Å². The van der Waals surface area contributed by atoms with Crippen molar-refractivity contribution in [3.05, 3.63) is 69.4 Å². The van der Waals surface area contributed by atoms with E-state index in [1.807, 2.05) is 31.2 Å². The Labute approximate surface area is 128 Å². The molecule has 1 atom stereocenters. The van der Waals surface area contributed by atoms with Gasteiger partial charge in [0.2, 0.25) is 0 Å². The van der Waals surface area contributed by atoms with Gasteiger partial charge in [-0.3, -0.25) is 0 Å². The molecule has 2 aromatic rings. The zero-order chi connectivity index (χ0) is 14.5. The fourth-order valence-corrected chi connectivity index (χ4v) is 2.82. The Kier molecular flexibility index (Phi) is 5.32. The average Bonchev–Trinajstić information content (AvgIpc) is 2.44. The number of benzene rings is 2. The third kappa shape index (κ3) is 3.47. The summed E-state index contributed by atoms with van der Waals surface area (Å²) in [5, 5.41) is 3.51. The molecule has 0 aromatic heterocycles. The monoisotopic (exact) mass is 335 g/mol. The van der Waals surface area contributed by atoms with E-state index < -0.39 is 0 Å². The van der Waals surface area contributed by atoms with E-state index in [9.17, 15) is 4.39 Å². The van der Waals surface area contributed by atoms with Gasteiger partial charge in [-0.1, -0.05) is 47.1 Å². The standard InChI is InChI=1S/C17H19BrFN/c1-3-10-20-17(14-6-4-5-7-16(14)18)15-11-13(19)9-8-12(15)2/h4-9,11,17,20H,3,10H2,1-2H3. The Morgan fingerprint density at radius 2 is 1.90 bits per heavy atom. The first kappa shape index (κ1) is 15.2. The highest BCUT2D eigenvalue weighted by Gasteiger charge is 2.18. The summed E-state index contributed by atoms with van der Waals surface area (Å²) in [6.45, 7) is 5.04. The summed E-state index contributed by atoms with van der Waals surface area (Å²) in [4.78, 5) is 0. The van der Waals surface area contributed by atoms with Gasteiger partial charge in [-0.05, 0) is 54.8 Å². The van der Waals surface area contributed by atoms with Crippen LogP contribution in [0.1, 0.15) is 36.1 Å². The van der Waals surface area contributed by atoms with Gasteiger partial charge in [-0.2, -0.15) is 0 Å². The molecule has 0 aliphatic rings. The van der Waals surface area contributed by atoms with E-state index >= 15 is 0 Å². The summed E-state index contributed by atoms with van der Waals surface area (Å²) in [7, 11) is 0. The Bertz CT molecular complexity index is 583. The Hall–Kier alpha value is -1.19. The summed E-state index contributed by atoms with van der Waals surface area (Å²) < 4.78 is 14.6. The maximum Gasteiger partial charge on any atom is 0.123 e. The fraction of sp³-hybridized carbons (Fsp3) is 0.294. The Balaban J connectivity index is 2.47. The van der Waals surface area contributed by atoms with Crippen molar-refractivity contribution in [3.63, 3.8) is 0 Å². The van der Waals surface area contributed by atoms with Gasteiger partial charge in [0, 0.05) is 4.47 Å². The quantitative estimate of drug-likeness (QED) is 0.811. The number of nitrogens with one attached hydrogen (secondary N) is 1. The van der Waals surface area contributed by atoms with E-state index in [1.54, 1.807) is 6.07 Å². The van der Waals surface area contributed by atoms with Crippen molar-refractivity contribution in [1.29, 1.82) is 0 Å². The van der Waals surface area contributed by atoms with Gasteiger partial charge < -0.3 is 5.32 Å². The van der Waals surface area contributed by atoms with E-state index in [0.717, 1.165) is 34.1 Å². The van der Waals surface area contributed by atoms with Crippen molar-refractivity contribution < 1.29 is 4.39 Å². The molecule has 0 aliphatic heterocycles. The van der Waals surface area contributed by atoms with Crippen LogP contribution in [-0.4, -0.2) is 6.54 Å². The normalized spacial score (nSPS) is 12.4. The van der Waals surface area contributed by atoms with Gasteiger partial charge in [0.15, 0.2) is 0 Å². The van der Waals surface area contributed by atoms with Crippen LogP contribution in [0.2, 0.25) is 0 Å². The van der Waals surface area contributed by atoms with Crippen molar-refractivity contribution in [1.82, 2.24) is 5.32 Å². The van der Waals surface area contributed by atoms with Gasteiger partial charge in [-0.15, -0.1) is 0 Å². The van der Waals surface area contributed by atoms with Crippen LogP contribution < -0.4 is 5.32 Å². The minimum atomic E-state index is -0.194. The molecule has 1 N–H and O–H groups in total. The third-order valence-electron chi connectivity index (χ3n) is 3.37. The van der Waals surface area contributed by atoms with Gasteiger partial charge >= 0.3 is 0 Å². The van der Waals surface area contributed by atoms with E-state index in [2.05, 4.69) is 34.2 Å². The van der Waals surface area contributed by atoms with E-state index in [0.29, 0.717) is 0 Å². The molecule has 0 spiro atoms. The predicted molar refractivity (Wildman–Crippen MR) is 85.4 cm³/mol. The molecule has 0 saturated carbocycles. The zero-order valence-electron chi connectivity index (χ0n) is 11.8. The number of halogens is 2. The highest BCUT2D eigenvalue weighted by Crippen LogP contribution is 2.30. The fourth-order valence-electron chi connectivity index (χ4n) is 2.31. The van der Waals surface area contributed by atoms with Crippen molar-refractivity contribution >= 4 is 15.9 Å². The lowest BCUT2D eigenvalue weighted by molar-refractivity contribution is 0.581. The van der Waals surface area contributed by atoms with Crippen molar-refractivity contribution in [2.45, 2.75) is 26.3 Å². The summed E-state index contributed by atoms with van der Waals surface area (Å²) in [5.41, 5.74) is 3.22. The van der Waals surface area contributed by atoms with Crippen LogP contribution in [0.5, 0.6) is 0 Å². The molecular formula is C17H19BrFN. The average molecular weight is 336 g/mol. The molecule has 3 heteroatoms. The molecular weight excluding hydrogens is 317 g/mol. The van der Waals surface area contributed by atoms with Crippen LogP contribution in [0.3, 0.4) is 0 Å². The number of aryl methyl sites for hydroxylation is 1. The molecule has 20 heavy (non-hydrogen) atoms. The molecule has 0 amide bonds. The maximum atomic E-state index is 13.6. The smallest absolute Gasteiger partial charge is 0.123 e. The van der Waals surface area contributed by atoms with Crippen LogP contribution in [0.15, 0.2) is 46.9 Å². The van der Waals surface area contributed by atoms with Crippen LogP contribution in [0, 0.1) is 12.7 Å².